The highest BCUT2D eigenvalue weighted by atomic mass is 35.5. The lowest BCUT2D eigenvalue weighted by Crippen LogP contribution is -2.42. The first-order valence-electron chi connectivity index (χ1n) is 5.01. The van der Waals surface area contributed by atoms with Crippen molar-refractivity contribution in [3.05, 3.63) is 23.0 Å². The van der Waals surface area contributed by atoms with Crippen LogP contribution in [0.4, 0.5) is 5.69 Å². The van der Waals surface area contributed by atoms with E-state index >= 15 is 0 Å². The second-order valence-corrected chi connectivity index (χ2v) is 4.37. The summed E-state index contributed by atoms with van der Waals surface area (Å²) in [7, 11) is 0. The fourth-order valence-corrected chi connectivity index (χ4v) is 2.00. The number of carbonyl (C=O) groups excluding carboxylic acids is 2. The molecule has 0 bridgehead atoms. The molecule has 0 aliphatic carbocycles. The molecule has 0 aromatic carbocycles. The number of fused-ring (bicyclic) bond motifs is 1. The zero-order valence-electron chi connectivity index (χ0n) is 9.03. The van der Waals surface area contributed by atoms with Crippen molar-refractivity contribution in [1.29, 1.82) is 0 Å². The summed E-state index contributed by atoms with van der Waals surface area (Å²) in [5, 5.41) is 0.284. The molecule has 0 saturated carbocycles. The molecule has 2 rings (SSSR count). The molecular formula is C11H11ClN2O2. The second-order valence-electron chi connectivity index (χ2n) is 3.98. The van der Waals surface area contributed by atoms with Crippen LogP contribution in [0.3, 0.4) is 0 Å². The van der Waals surface area contributed by atoms with Gasteiger partial charge in [-0.15, -0.1) is 0 Å². The van der Waals surface area contributed by atoms with Crippen LogP contribution in [0.5, 0.6) is 0 Å². The molecule has 2 heterocycles. The molecule has 0 N–H and O–H groups in total. The number of anilines is 1. The molecule has 0 fully saturated rings. The smallest absolute Gasteiger partial charge is 0.235 e. The van der Waals surface area contributed by atoms with Crippen molar-refractivity contribution in [2.75, 3.05) is 4.90 Å². The van der Waals surface area contributed by atoms with Crippen LogP contribution in [0.2, 0.25) is 5.15 Å². The van der Waals surface area contributed by atoms with Gasteiger partial charge in [0.1, 0.15) is 5.15 Å². The molecule has 1 aromatic rings. The Balaban J connectivity index is 2.60. The lowest BCUT2D eigenvalue weighted by atomic mass is 10.0. The predicted octanol–water partition coefficient (Wildman–Crippen LogP) is 2.06. The third kappa shape index (κ3) is 1.69. The van der Waals surface area contributed by atoms with E-state index in [1.54, 1.807) is 11.0 Å². The van der Waals surface area contributed by atoms with Crippen LogP contribution in [-0.4, -0.2) is 22.7 Å². The number of hydrogen-bond acceptors (Lipinski definition) is 3. The average molecular weight is 239 g/mol. The zero-order chi connectivity index (χ0) is 11.9. The van der Waals surface area contributed by atoms with Crippen molar-refractivity contribution in [2.24, 2.45) is 0 Å². The van der Waals surface area contributed by atoms with E-state index in [1.165, 1.54) is 6.20 Å². The summed E-state index contributed by atoms with van der Waals surface area (Å²) in [6.45, 7) is 3.79. The monoisotopic (exact) mass is 238 g/mol. The minimum absolute atomic E-state index is 0.00202. The van der Waals surface area contributed by atoms with E-state index in [0.717, 1.165) is 0 Å². The largest absolute Gasteiger partial charge is 0.309 e. The number of Topliss-reactive ketones (excluding diaryl/α,β-unsaturated/α-hetero) is 1. The van der Waals surface area contributed by atoms with E-state index in [9.17, 15) is 9.59 Å². The van der Waals surface area contributed by atoms with Crippen LogP contribution in [0.25, 0.3) is 0 Å². The lowest BCUT2D eigenvalue weighted by molar-refractivity contribution is -0.118. The molecule has 5 heteroatoms. The van der Waals surface area contributed by atoms with Crippen molar-refractivity contribution in [2.45, 2.75) is 26.3 Å². The molecule has 1 aliphatic heterocycles. The molecule has 84 valence electrons. The number of aromatic nitrogens is 1. The van der Waals surface area contributed by atoms with Crippen molar-refractivity contribution in [3.63, 3.8) is 0 Å². The molecule has 0 spiro atoms. The highest BCUT2D eigenvalue weighted by Gasteiger charge is 2.31. The van der Waals surface area contributed by atoms with Gasteiger partial charge in [-0.25, -0.2) is 4.98 Å². The second kappa shape index (κ2) is 3.87. The summed E-state index contributed by atoms with van der Waals surface area (Å²) < 4.78 is 0. The molecule has 0 saturated heterocycles. The summed E-state index contributed by atoms with van der Waals surface area (Å²) in [5.41, 5.74) is 1.04. The molecule has 16 heavy (non-hydrogen) atoms. The van der Waals surface area contributed by atoms with Gasteiger partial charge in [-0.3, -0.25) is 9.59 Å². The van der Waals surface area contributed by atoms with E-state index in [4.69, 9.17) is 11.6 Å². The molecule has 1 amide bonds. The maximum atomic E-state index is 11.8. The Kier molecular flexibility index (Phi) is 2.68. The Bertz CT molecular complexity index is 471. The lowest BCUT2D eigenvalue weighted by Gasteiger charge is -2.31. The van der Waals surface area contributed by atoms with Gasteiger partial charge in [0.05, 0.1) is 17.7 Å². The van der Waals surface area contributed by atoms with Crippen LogP contribution >= 0.6 is 11.6 Å². The van der Waals surface area contributed by atoms with Gasteiger partial charge in [0.2, 0.25) is 5.91 Å². The van der Waals surface area contributed by atoms with E-state index in [-0.39, 0.29) is 29.3 Å². The number of ketones is 1. The van der Waals surface area contributed by atoms with Crippen LogP contribution < -0.4 is 4.90 Å². The van der Waals surface area contributed by atoms with Gasteiger partial charge in [0.15, 0.2) is 5.78 Å². The third-order valence-corrected chi connectivity index (χ3v) is 2.71. The molecule has 1 aromatic heterocycles. The summed E-state index contributed by atoms with van der Waals surface area (Å²) in [4.78, 5) is 28.9. The van der Waals surface area contributed by atoms with Crippen molar-refractivity contribution in [1.82, 2.24) is 4.98 Å². The Labute approximate surface area is 98.2 Å². The SMILES string of the molecule is CC(C)N1C(=O)CC(=O)c2cnc(Cl)cc21. The van der Waals surface area contributed by atoms with E-state index in [1.807, 2.05) is 13.8 Å². The first-order chi connectivity index (χ1) is 7.50. The zero-order valence-corrected chi connectivity index (χ0v) is 9.78. The topological polar surface area (TPSA) is 50.3 Å². The highest BCUT2D eigenvalue weighted by Crippen LogP contribution is 2.30. The first kappa shape index (κ1) is 11.1. The van der Waals surface area contributed by atoms with Crippen LogP contribution in [0, 0.1) is 0 Å². The van der Waals surface area contributed by atoms with Gasteiger partial charge < -0.3 is 4.90 Å². The van der Waals surface area contributed by atoms with Gasteiger partial charge in [0.25, 0.3) is 0 Å². The van der Waals surface area contributed by atoms with Gasteiger partial charge >= 0.3 is 0 Å². The fourth-order valence-electron chi connectivity index (χ4n) is 1.85. The number of pyridine rings is 1. The Morgan fingerprint density at radius 3 is 2.75 bits per heavy atom. The van der Waals surface area contributed by atoms with E-state index in [2.05, 4.69) is 4.98 Å². The normalized spacial score (nSPS) is 15.6. The maximum absolute atomic E-state index is 11.8. The summed E-state index contributed by atoms with van der Waals surface area (Å²) in [5.74, 6) is -0.379. The Morgan fingerprint density at radius 1 is 1.44 bits per heavy atom. The van der Waals surface area contributed by atoms with E-state index < -0.39 is 0 Å². The molecule has 4 nitrogen and oxygen atoms in total. The van der Waals surface area contributed by atoms with E-state index in [0.29, 0.717) is 11.3 Å². The van der Waals surface area contributed by atoms with Gasteiger partial charge in [0, 0.05) is 18.3 Å². The maximum Gasteiger partial charge on any atom is 0.235 e. The third-order valence-electron chi connectivity index (χ3n) is 2.51. The van der Waals surface area contributed by atoms with Crippen molar-refractivity contribution in [3.8, 4) is 0 Å². The fraction of sp³-hybridized carbons (Fsp3) is 0.364. The average Bonchev–Trinajstić information content (AvgIpc) is 2.15. The summed E-state index contributed by atoms with van der Waals surface area (Å²) in [6.07, 6.45) is 1.34. The van der Waals surface area contributed by atoms with Crippen LogP contribution in [0.15, 0.2) is 12.3 Å². The molecule has 1 aliphatic rings. The number of rotatable bonds is 1. The van der Waals surface area contributed by atoms with Gasteiger partial charge in [-0.2, -0.15) is 0 Å². The first-order valence-corrected chi connectivity index (χ1v) is 5.39. The molecular weight excluding hydrogens is 228 g/mol. The van der Waals surface area contributed by atoms with Gasteiger partial charge in [-0.1, -0.05) is 11.6 Å². The van der Waals surface area contributed by atoms with Gasteiger partial charge in [-0.05, 0) is 13.8 Å². The molecule has 0 radical (unpaired) electrons. The van der Waals surface area contributed by atoms with Crippen LogP contribution in [0.1, 0.15) is 30.6 Å². The minimum Gasteiger partial charge on any atom is -0.309 e. The number of carbonyl (C=O) groups is 2. The predicted molar refractivity (Wildman–Crippen MR) is 60.8 cm³/mol. The minimum atomic E-state index is -0.193. The summed E-state index contributed by atoms with van der Waals surface area (Å²) >= 11 is 5.78. The van der Waals surface area contributed by atoms with Crippen molar-refractivity contribution < 1.29 is 9.59 Å². The number of nitrogens with zero attached hydrogens (tertiary/aromatic N) is 2. The molecule has 0 unspecified atom stereocenters. The standard InChI is InChI=1S/C11H11ClN2O2/c1-6(2)14-8-3-10(12)13-5-7(8)9(15)4-11(14)16/h3,5-6H,4H2,1-2H3. The quantitative estimate of drug-likeness (QED) is 0.556. The Hall–Kier alpha value is -1.42. The number of amides is 1. The molecule has 0 atom stereocenters. The van der Waals surface area contributed by atoms with Crippen molar-refractivity contribution >= 4 is 29.0 Å². The number of hydrogen-bond donors (Lipinski definition) is 0. The van der Waals surface area contributed by atoms with Crippen LogP contribution in [-0.2, 0) is 4.79 Å². The Morgan fingerprint density at radius 2 is 2.12 bits per heavy atom. The number of halogens is 1. The highest BCUT2D eigenvalue weighted by molar-refractivity contribution is 6.30. The summed E-state index contributed by atoms with van der Waals surface area (Å²) in [6, 6.07) is 1.56.